The van der Waals surface area contributed by atoms with Crippen molar-refractivity contribution in [1.82, 2.24) is 4.98 Å². The first-order valence-electron chi connectivity index (χ1n) is 3.58. The zero-order valence-corrected chi connectivity index (χ0v) is 9.94. The number of hydrogen-bond acceptors (Lipinski definition) is 2. The standard InChI is InChI=1S/C8H5ClF2INO/c1-3-4(12)2-5(8(10)11)13-6(3)7(9)14/h2,8H,1H3. The van der Waals surface area contributed by atoms with E-state index < -0.39 is 17.4 Å². The van der Waals surface area contributed by atoms with E-state index in [0.29, 0.717) is 9.13 Å². The fraction of sp³-hybridized carbons (Fsp3) is 0.250. The van der Waals surface area contributed by atoms with Crippen LogP contribution in [-0.4, -0.2) is 10.2 Å². The molecule has 0 fully saturated rings. The summed E-state index contributed by atoms with van der Waals surface area (Å²) in [6.45, 7) is 1.61. The number of carbonyl (C=O) groups is 1. The first-order chi connectivity index (χ1) is 6.43. The molecule has 0 saturated carbocycles. The lowest BCUT2D eigenvalue weighted by Crippen LogP contribution is -2.04. The summed E-state index contributed by atoms with van der Waals surface area (Å²) < 4.78 is 25.2. The van der Waals surface area contributed by atoms with Crippen molar-refractivity contribution in [2.45, 2.75) is 13.3 Å². The molecule has 6 heteroatoms. The van der Waals surface area contributed by atoms with Gasteiger partial charge in [0.05, 0.1) is 0 Å². The van der Waals surface area contributed by atoms with Crippen molar-refractivity contribution in [3.63, 3.8) is 0 Å². The van der Waals surface area contributed by atoms with E-state index in [0.717, 1.165) is 0 Å². The summed E-state index contributed by atoms with van der Waals surface area (Å²) in [5.41, 5.74) is -0.00660. The summed E-state index contributed by atoms with van der Waals surface area (Å²) >= 11 is 7.07. The Hall–Kier alpha value is -0.300. The quantitative estimate of drug-likeness (QED) is 0.615. The normalized spacial score (nSPS) is 10.7. The van der Waals surface area contributed by atoms with Gasteiger partial charge in [0.25, 0.3) is 11.7 Å². The maximum atomic E-state index is 12.3. The molecule has 76 valence electrons. The number of aromatic nitrogens is 1. The Labute approximate surface area is 97.8 Å². The summed E-state index contributed by atoms with van der Waals surface area (Å²) in [5, 5.41) is -0.817. The summed E-state index contributed by atoms with van der Waals surface area (Å²) in [7, 11) is 0. The molecule has 2 nitrogen and oxygen atoms in total. The molecule has 0 aliphatic heterocycles. The molecule has 1 aromatic heterocycles. The van der Waals surface area contributed by atoms with Gasteiger partial charge in [0, 0.05) is 3.57 Å². The van der Waals surface area contributed by atoms with Gasteiger partial charge in [0.1, 0.15) is 11.4 Å². The molecule has 1 rings (SSSR count). The Morgan fingerprint density at radius 3 is 2.64 bits per heavy atom. The third-order valence-corrected chi connectivity index (χ3v) is 2.94. The van der Waals surface area contributed by atoms with Crippen molar-refractivity contribution in [2.24, 2.45) is 0 Å². The zero-order valence-electron chi connectivity index (χ0n) is 7.02. The highest BCUT2D eigenvalue weighted by Crippen LogP contribution is 2.23. The van der Waals surface area contributed by atoms with Gasteiger partial charge in [0.2, 0.25) is 0 Å². The summed E-state index contributed by atoms with van der Waals surface area (Å²) in [6.07, 6.45) is -2.70. The Kier molecular flexibility index (Phi) is 3.77. The molecule has 1 aromatic rings. The molecule has 14 heavy (non-hydrogen) atoms. The van der Waals surface area contributed by atoms with E-state index in [1.165, 1.54) is 6.07 Å². The number of alkyl halides is 2. The first-order valence-corrected chi connectivity index (χ1v) is 5.04. The summed E-state index contributed by atoms with van der Waals surface area (Å²) in [4.78, 5) is 14.3. The fourth-order valence-corrected chi connectivity index (χ4v) is 1.66. The van der Waals surface area contributed by atoms with Crippen molar-refractivity contribution in [3.8, 4) is 0 Å². The second-order valence-corrected chi connectivity index (χ2v) is 4.08. The Morgan fingerprint density at radius 2 is 2.21 bits per heavy atom. The lowest BCUT2D eigenvalue weighted by Gasteiger charge is -2.06. The molecule has 0 bridgehead atoms. The maximum absolute atomic E-state index is 12.3. The van der Waals surface area contributed by atoms with Crippen LogP contribution in [0.15, 0.2) is 6.07 Å². The Morgan fingerprint density at radius 1 is 1.64 bits per heavy atom. The van der Waals surface area contributed by atoms with Crippen LogP contribution in [0.25, 0.3) is 0 Å². The molecular formula is C8H5ClF2INO. The van der Waals surface area contributed by atoms with Crippen molar-refractivity contribution in [1.29, 1.82) is 0 Å². The SMILES string of the molecule is Cc1c(I)cc(C(F)F)nc1C(=O)Cl. The third-order valence-electron chi connectivity index (χ3n) is 1.64. The highest BCUT2D eigenvalue weighted by molar-refractivity contribution is 14.1. The van der Waals surface area contributed by atoms with Crippen LogP contribution in [0.3, 0.4) is 0 Å². The fourth-order valence-electron chi connectivity index (χ4n) is 0.900. The number of pyridine rings is 1. The van der Waals surface area contributed by atoms with E-state index in [2.05, 4.69) is 4.98 Å². The van der Waals surface area contributed by atoms with E-state index >= 15 is 0 Å². The van der Waals surface area contributed by atoms with Crippen molar-refractivity contribution >= 4 is 39.4 Å². The molecule has 0 aliphatic rings. The Bertz CT molecular complexity index is 384. The van der Waals surface area contributed by atoms with Crippen molar-refractivity contribution in [3.05, 3.63) is 26.6 Å². The molecular weight excluding hydrogens is 326 g/mol. The lowest BCUT2D eigenvalue weighted by atomic mass is 10.2. The molecule has 0 N–H and O–H groups in total. The van der Waals surface area contributed by atoms with Crippen molar-refractivity contribution < 1.29 is 13.6 Å². The van der Waals surface area contributed by atoms with Gasteiger partial charge in [0.15, 0.2) is 0 Å². The summed E-state index contributed by atoms with van der Waals surface area (Å²) in [6, 6.07) is 1.24. The van der Waals surface area contributed by atoms with Gasteiger partial charge in [-0.3, -0.25) is 4.79 Å². The van der Waals surface area contributed by atoms with E-state index in [4.69, 9.17) is 11.6 Å². The third kappa shape index (κ3) is 2.38. The van der Waals surface area contributed by atoms with Gasteiger partial charge in [-0.15, -0.1) is 0 Å². The molecule has 0 aromatic carbocycles. The topological polar surface area (TPSA) is 30.0 Å². The number of nitrogens with zero attached hydrogens (tertiary/aromatic N) is 1. The number of rotatable bonds is 2. The predicted octanol–water partition coefficient (Wildman–Crippen LogP) is 3.31. The van der Waals surface area contributed by atoms with E-state index in [9.17, 15) is 13.6 Å². The van der Waals surface area contributed by atoms with Gasteiger partial charge in [-0.2, -0.15) is 0 Å². The van der Waals surface area contributed by atoms with Gasteiger partial charge in [-0.25, -0.2) is 13.8 Å². The van der Waals surface area contributed by atoms with Crippen LogP contribution in [0.1, 0.15) is 28.2 Å². The van der Waals surface area contributed by atoms with Crippen LogP contribution in [0.4, 0.5) is 8.78 Å². The first kappa shape index (κ1) is 11.8. The lowest BCUT2D eigenvalue weighted by molar-refractivity contribution is 0.107. The minimum absolute atomic E-state index is 0.103. The largest absolute Gasteiger partial charge is 0.280 e. The van der Waals surface area contributed by atoms with Crippen LogP contribution in [0.5, 0.6) is 0 Å². The minimum atomic E-state index is -2.70. The molecule has 0 atom stereocenters. The molecule has 0 aliphatic carbocycles. The molecule has 0 radical (unpaired) electrons. The average Bonchev–Trinajstić information content (AvgIpc) is 2.08. The Balaban J connectivity index is 3.35. The average molecular weight is 331 g/mol. The highest BCUT2D eigenvalue weighted by Gasteiger charge is 2.17. The highest BCUT2D eigenvalue weighted by atomic mass is 127. The van der Waals surface area contributed by atoms with Crippen LogP contribution in [0.2, 0.25) is 0 Å². The van der Waals surface area contributed by atoms with Gasteiger partial charge in [-0.1, -0.05) is 0 Å². The molecule has 0 amide bonds. The second kappa shape index (κ2) is 4.48. The molecule has 0 unspecified atom stereocenters. The van der Waals surface area contributed by atoms with Crippen LogP contribution in [0, 0.1) is 10.5 Å². The van der Waals surface area contributed by atoms with Crippen molar-refractivity contribution in [2.75, 3.05) is 0 Å². The van der Waals surface area contributed by atoms with Crippen LogP contribution in [-0.2, 0) is 0 Å². The van der Waals surface area contributed by atoms with E-state index in [1.807, 2.05) is 22.6 Å². The van der Waals surface area contributed by atoms with Crippen LogP contribution >= 0.6 is 34.2 Å². The number of carbonyl (C=O) groups excluding carboxylic acids is 1. The van der Waals surface area contributed by atoms with Gasteiger partial charge < -0.3 is 0 Å². The van der Waals surface area contributed by atoms with E-state index in [-0.39, 0.29) is 5.69 Å². The number of hydrogen-bond donors (Lipinski definition) is 0. The molecule has 1 heterocycles. The minimum Gasteiger partial charge on any atom is -0.274 e. The van der Waals surface area contributed by atoms with Crippen LogP contribution < -0.4 is 0 Å². The van der Waals surface area contributed by atoms with Gasteiger partial charge >= 0.3 is 0 Å². The zero-order chi connectivity index (χ0) is 10.9. The van der Waals surface area contributed by atoms with E-state index in [1.54, 1.807) is 6.92 Å². The monoisotopic (exact) mass is 331 g/mol. The summed E-state index contributed by atoms with van der Waals surface area (Å²) in [5.74, 6) is 0. The molecule has 0 saturated heterocycles. The van der Waals surface area contributed by atoms with Gasteiger partial charge in [-0.05, 0) is 52.7 Å². The maximum Gasteiger partial charge on any atom is 0.280 e. The second-order valence-electron chi connectivity index (χ2n) is 2.58. The predicted molar refractivity (Wildman–Crippen MR) is 56.8 cm³/mol. The smallest absolute Gasteiger partial charge is 0.274 e. The number of halogens is 4. The molecule has 0 spiro atoms.